The van der Waals surface area contributed by atoms with Gasteiger partial charge in [0.2, 0.25) is 17.8 Å². The summed E-state index contributed by atoms with van der Waals surface area (Å²) in [6.07, 6.45) is 2.08. The van der Waals surface area contributed by atoms with Gasteiger partial charge in [-0.2, -0.15) is 15.0 Å². The largest absolute Gasteiger partial charge is 0.399 e. The lowest BCUT2D eigenvalue weighted by Gasteiger charge is -2.35. The Morgan fingerprint density at radius 1 is 0.931 bits per heavy atom. The summed E-state index contributed by atoms with van der Waals surface area (Å²) in [6, 6.07) is 7.32. The van der Waals surface area contributed by atoms with Crippen LogP contribution in [0.2, 0.25) is 0 Å². The molecular weight excluding hydrogens is 370 g/mol. The Kier molecular flexibility index (Phi) is 5.65. The van der Waals surface area contributed by atoms with E-state index in [0.717, 1.165) is 31.5 Å². The molecule has 0 unspecified atom stereocenters. The lowest BCUT2D eigenvalue weighted by Crippen LogP contribution is -2.53. The van der Waals surface area contributed by atoms with Gasteiger partial charge in [-0.25, -0.2) is 0 Å². The highest BCUT2D eigenvalue weighted by Crippen LogP contribution is 2.24. The van der Waals surface area contributed by atoms with Gasteiger partial charge in [0.05, 0.1) is 6.10 Å². The molecular formula is C19H29N9O. The van der Waals surface area contributed by atoms with Crippen LogP contribution >= 0.6 is 0 Å². The van der Waals surface area contributed by atoms with Gasteiger partial charge in [0.15, 0.2) is 0 Å². The summed E-state index contributed by atoms with van der Waals surface area (Å²) in [4.78, 5) is 17.9. The molecule has 0 saturated carbocycles. The van der Waals surface area contributed by atoms with Crippen molar-refractivity contribution in [2.45, 2.75) is 37.5 Å². The number of nitrogens with zero attached hydrogens (tertiary/aromatic N) is 5. The van der Waals surface area contributed by atoms with E-state index in [1.165, 1.54) is 0 Å². The zero-order valence-electron chi connectivity index (χ0n) is 16.4. The van der Waals surface area contributed by atoms with Crippen molar-refractivity contribution in [3.63, 3.8) is 0 Å². The summed E-state index contributed by atoms with van der Waals surface area (Å²) in [5.41, 5.74) is 19.6. The van der Waals surface area contributed by atoms with E-state index in [4.69, 9.17) is 17.2 Å². The number of nitrogen functional groups attached to an aromatic ring is 1. The number of β-amino-alcohol motifs (C(OH)–C–C–N with tert-alkyl or cyclic N) is 1. The fourth-order valence-electron chi connectivity index (χ4n) is 3.87. The molecule has 1 aromatic heterocycles. The van der Waals surface area contributed by atoms with Crippen molar-refractivity contribution in [1.82, 2.24) is 15.0 Å². The highest BCUT2D eigenvalue weighted by Gasteiger charge is 2.27. The zero-order valence-corrected chi connectivity index (χ0v) is 16.4. The molecule has 2 aliphatic rings. The van der Waals surface area contributed by atoms with E-state index in [1.54, 1.807) is 0 Å². The Morgan fingerprint density at radius 2 is 1.59 bits per heavy atom. The third-order valence-electron chi connectivity index (χ3n) is 5.26. The summed E-state index contributed by atoms with van der Waals surface area (Å²) in [7, 11) is 0. The average molecular weight is 400 g/mol. The van der Waals surface area contributed by atoms with Crippen LogP contribution in [0.3, 0.4) is 0 Å². The van der Waals surface area contributed by atoms with E-state index < -0.39 is 0 Å². The normalized spacial score (nSPS) is 25.1. The Labute approximate surface area is 170 Å². The minimum Gasteiger partial charge on any atom is -0.399 e. The monoisotopic (exact) mass is 399 g/mol. The summed E-state index contributed by atoms with van der Waals surface area (Å²) < 4.78 is 0. The number of piperidine rings is 2. The highest BCUT2D eigenvalue weighted by atomic mass is 16.3. The summed E-state index contributed by atoms with van der Waals surface area (Å²) in [5.74, 6) is 1.51. The van der Waals surface area contributed by atoms with Crippen molar-refractivity contribution >= 4 is 29.2 Å². The van der Waals surface area contributed by atoms with Crippen molar-refractivity contribution in [2.75, 3.05) is 47.0 Å². The number of hydrogen-bond acceptors (Lipinski definition) is 10. The molecule has 2 aliphatic heterocycles. The molecule has 0 radical (unpaired) electrons. The minimum atomic E-state index is -0.380. The second-order valence-corrected chi connectivity index (χ2v) is 7.91. The quantitative estimate of drug-likeness (QED) is 0.444. The van der Waals surface area contributed by atoms with Gasteiger partial charge in [-0.3, -0.25) is 0 Å². The van der Waals surface area contributed by atoms with Crippen LogP contribution in [-0.2, 0) is 0 Å². The third-order valence-corrected chi connectivity index (χ3v) is 5.26. The first-order chi connectivity index (χ1) is 14.0. The molecule has 0 spiro atoms. The van der Waals surface area contributed by atoms with Crippen LogP contribution in [-0.4, -0.2) is 64.4 Å². The van der Waals surface area contributed by atoms with E-state index in [2.05, 4.69) is 20.3 Å². The first-order valence-corrected chi connectivity index (χ1v) is 10.0. The fraction of sp³-hybridized carbons (Fsp3) is 0.526. The van der Waals surface area contributed by atoms with Crippen molar-refractivity contribution in [2.24, 2.45) is 11.5 Å². The lowest BCUT2D eigenvalue weighted by molar-refractivity contribution is 0.153. The minimum absolute atomic E-state index is 0.0238. The average Bonchev–Trinajstić information content (AvgIpc) is 2.69. The molecule has 2 saturated heterocycles. The van der Waals surface area contributed by atoms with Crippen LogP contribution in [0.25, 0.3) is 0 Å². The maximum Gasteiger partial charge on any atom is 0.233 e. The SMILES string of the molecule is Nc1ccc(Nc2nc(N3C[C@H](N)C[C@H](N)C3)nc(N3CCC[C@@H](O)C3)n2)cc1. The molecule has 29 heavy (non-hydrogen) atoms. The van der Waals surface area contributed by atoms with Gasteiger partial charge in [-0.1, -0.05) is 0 Å². The standard InChI is InChI=1S/C19H29N9O/c20-12-3-5-15(6-4-12)23-17-24-18(27-7-1-2-16(29)11-27)26-19(25-17)28-9-13(21)8-14(22)10-28/h3-6,13-14,16,29H,1-2,7-11,20-22H2,(H,23,24,25,26)/t13-,14+,16-/m1/s1. The number of benzene rings is 1. The van der Waals surface area contributed by atoms with Crippen LogP contribution in [0.5, 0.6) is 0 Å². The first-order valence-electron chi connectivity index (χ1n) is 10.0. The van der Waals surface area contributed by atoms with E-state index in [9.17, 15) is 5.11 Å². The van der Waals surface area contributed by atoms with Crippen molar-refractivity contribution in [3.05, 3.63) is 24.3 Å². The maximum atomic E-state index is 10.1. The number of aliphatic hydroxyl groups excluding tert-OH is 1. The summed E-state index contributed by atoms with van der Waals surface area (Å²) in [5, 5.41) is 13.3. The van der Waals surface area contributed by atoms with Gasteiger partial charge in [-0.05, 0) is 43.5 Å². The van der Waals surface area contributed by atoms with Crippen LogP contribution in [0.1, 0.15) is 19.3 Å². The maximum absolute atomic E-state index is 10.1. The van der Waals surface area contributed by atoms with Crippen molar-refractivity contribution in [3.8, 4) is 0 Å². The summed E-state index contributed by atoms with van der Waals surface area (Å²) >= 11 is 0. The number of anilines is 5. The third kappa shape index (κ3) is 4.84. The first kappa shape index (κ1) is 19.6. The molecule has 1 aromatic carbocycles. The van der Waals surface area contributed by atoms with Gasteiger partial charge in [-0.15, -0.1) is 0 Å². The number of rotatable bonds is 4. The lowest BCUT2D eigenvalue weighted by atomic mass is 10.0. The van der Waals surface area contributed by atoms with E-state index in [1.807, 2.05) is 34.1 Å². The smallest absolute Gasteiger partial charge is 0.233 e. The number of aromatic nitrogens is 3. The molecule has 2 aromatic rings. The van der Waals surface area contributed by atoms with Crippen molar-refractivity contribution in [1.29, 1.82) is 0 Å². The predicted octanol–water partition coefficient (Wildman–Crippen LogP) is 0.0232. The van der Waals surface area contributed by atoms with Crippen LogP contribution in [0.15, 0.2) is 24.3 Å². The second-order valence-electron chi connectivity index (χ2n) is 7.91. The van der Waals surface area contributed by atoms with Gasteiger partial charge >= 0.3 is 0 Å². The van der Waals surface area contributed by atoms with Gasteiger partial charge < -0.3 is 37.4 Å². The number of nitrogens with one attached hydrogen (secondary N) is 1. The van der Waals surface area contributed by atoms with Gasteiger partial charge in [0.25, 0.3) is 0 Å². The summed E-state index contributed by atoms with van der Waals surface area (Å²) in [6.45, 7) is 2.58. The van der Waals surface area contributed by atoms with Crippen LogP contribution < -0.4 is 32.3 Å². The Bertz CT molecular complexity index is 821. The molecule has 10 nitrogen and oxygen atoms in total. The molecule has 0 bridgehead atoms. The Balaban J connectivity index is 1.65. The van der Waals surface area contributed by atoms with E-state index in [0.29, 0.717) is 43.2 Å². The van der Waals surface area contributed by atoms with E-state index >= 15 is 0 Å². The Hall–Kier alpha value is -2.69. The van der Waals surface area contributed by atoms with Crippen LogP contribution in [0, 0.1) is 0 Å². The number of hydrogen-bond donors (Lipinski definition) is 5. The van der Waals surface area contributed by atoms with Crippen LogP contribution in [0.4, 0.5) is 29.2 Å². The molecule has 0 aliphatic carbocycles. The van der Waals surface area contributed by atoms with Gasteiger partial charge in [0, 0.05) is 49.6 Å². The predicted molar refractivity (Wildman–Crippen MR) is 114 cm³/mol. The number of nitrogens with two attached hydrogens (primary N) is 3. The molecule has 156 valence electrons. The topological polar surface area (TPSA) is 155 Å². The molecule has 0 amide bonds. The number of aliphatic hydroxyl groups is 1. The Morgan fingerprint density at radius 3 is 2.24 bits per heavy atom. The van der Waals surface area contributed by atoms with E-state index in [-0.39, 0.29) is 18.2 Å². The molecule has 3 heterocycles. The molecule has 8 N–H and O–H groups in total. The fourth-order valence-corrected chi connectivity index (χ4v) is 3.87. The molecule has 10 heteroatoms. The highest BCUT2D eigenvalue weighted by molar-refractivity contribution is 5.59. The second kappa shape index (κ2) is 8.36. The molecule has 3 atom stereocenters. The molecule has 2 fully saturated rings. The van der Waals surface area contributed by atoms with Gasteiger partial charge in [0.1, 0.15) is 0 Å². The molecule has 4 rings (SSSR count). The van der Waals surface area contributed by atoms with Crippen molar-refractivity contribution < 1.29 is 5.11 Å². The zero-order chi connectivity index (χ0) is 20.4.